The quantitative estimate of drug-likeness (QED) is 0.851. The van der Waals surface area contributed by atoms with Crippen molar-refractivity contribution < 1.29 is 9.47 Å². The lowest BCUT2D eigenvalue weighted by Gasteiger charge is -2.34. The first kappa shape index (κ1) is 14.6. The average Bonchev–Trinajstić information content (AvgIpc) is 2.98. The molecule has 1 aromatic rings. The van der Waals surface area contributed by atoms with Gasteiger partial charge in [-0.2, -0.15) is 0 Å². The minimum absolute atomic E-state index is 0.0149. The maximum atomic E-state index is 6.23. The van der Waals surface area contributed by atoms with Crippen molar-refractivity contribution in [3.05, 3.63) is 33.8 Å². The summed E-state index contributed by atoms with van der Waals surface area (Å²) in [5, 5.41) is 1.50. The molecule has 0 aliphatic carbocycles. The Morgan fingerprint density at radius 1 is 1.05 bits per heavy atom. The number of rotatable bonds is 3. The number of benzene rings is 1. The molecule has 3 nitrogen and oxygen atoms in total. The number of likely N-dealkylation sites (tertiary alicyclic amines) is 1. The highest BCUT2D eigenvalue weighted by Gasteiger charge is 2.30. The van der Waals surface area contributed by atoms with Crippen LogP contribution in [0.15, 0.2) is 18.2 Å². The lowest BCUT2D eigenvalue weighted by Crippen LogP contribution is -2.37. The van der Waals surface area contributed by atoms with Gasteiger partial charge in [-0.1, -0.05) is 29.3 Å². The van der Waals surface area contributed by atoms with Crippen LogP contribution in [0.3, 0.4) is 0 Å². The number of hydrogen-bond donors (Lipinski definition) is 0. The molecule has 2 heterocycles. The van der Waals surface area contributed by atoms with Gasteiger partial charge < -0.3 is 9.47 Å². The Bertz CT molecular complexity index is 435. The summed E-state index contributed by atoms with van der Waals surface area (Å²) in [6, 6.07) is 5.68. The SMILES string of the molecule is Clc1cccc(Cl)c1CN1CCC(C2OCCO2)CC1. The maximum absolute atomic E-state index is 6.23. The van der Waals surface area contributed by atoms with Gasteiger partial charge in [-0.25, -0.2) is 0 Å². The third-order valence-corrected chi connectivity index (χ3v) is 4.82. The van der Waals surface area contributed by atoms with Crippen molar-refractivity contribution in [3.8, 4) is 0 Å². The fraction of sp³-hybridized carbons (Fsp3) is 0.600. The van der Waals surface area contributed by atoms with Crippen LogP contribution in [0, 0.1) is 5.92 Å². The molecule has 2 fully saturated rings. The Kier molecular flexibility index (Phi) is 4.84. The van der Waals surface area contributed by atoms with Gasteiger partial charge in [0.1, 0.15) is 0 Å². The van der Waals surface area contributed by atoms with Gasteiger partial charge in [0, 0.05) is 28.1 Å². The van der Waals surface area contributed by atoms with E-state index in [2.05, 4.69) is 4.90 Å². The second-order valence-corrected chi connectivity index (χ2v) is 6.24. The fourth-order valence-electron chi connectivity index (χ4n) is 2.94. The van der Waals surface area contributed by atoms with E-state index in [1.54, 1.807) is 0 Å². The first-order valence-corrected chi connectivity index (χ1v) is 7.88. The van der Waals surface area contributed by atoms with Gasteiger partial charge in [0.2, 0.25) is 0 Å². The average molecular weight is 316 g/mol. The number of ether oxygens (including phenoxy) is 2. The molecule has 3 rings (SSSR count). The number of hydrogen-bond acceptors (Lipinski definition) is 3. The van der Waals surface area contributed by atoms with Crippen LogP contribution in [0.1, 0.15) is 18.4 Å². The molecule has 0 N–H and O–H groups in total. The van der Waals surface area contributed by atoms with E-state index in [0.717, 1.165) is 61.3 Å². The van der Waals surface area contributed by atoms with Crippen LogP contribution < -0.4 is 0 Å². The molecule has 20 heavy (non-hydrogen) atoms. The molecule has 0 unspecified atom stereocenters. The second kappa shape index (κ2) is 6.63. The molecule has 2 aliphatic rings. The first-order valence-electron chi connectivity index (χ1n) is 7.12. The van der Waals surface area contributed by atoms with Gasteiger partial charge in [0.25, 0.3) is 0 Å². The van der Waals surface area contributed by atoms with Gasteiger partial charge in [0.15, 0.2) is 6.29 Å². The largest absolute Gasteiger partial charge is 0.350 e. The highest BCUT2D eigenvalue weighted by molar-refractivity contribution is 6.35. The molecule has 2 aliphatic heterocycles. The molecule has 0 bridgehead atoms. The van der Waals surface area contributed by atoms with E-state index in [1.165, 1.54) is 0 Å². The van der Waals surface area contributed by atoms with E-state index >= 15 is 0 Å². The highest BCUT2D eigenvalue weighted by Crippen LogP contribution is 2.29. The van der Waals surface area contributed by atoms with Crippen LogP contribution in [-0.4, -0.2) is 37.5 Å². The minimum Gasteiger partial charge on any atom is -0.350 e. The van der Waals surface area contributed by atoms with Gasteiger partial charge in [-0.15, -0.1) is 0 Å². The van der Waals surface area contributed by atoms with Gasteiger partial charge in [-0.05, 0) is 38.1 Å². The fourth-order valence-corrected chi connectivity index (χ4v) is 3.46. The van der Waals surface area contributed by atoms with E-state index < -0.39 is 0 Å². The van der Waals surface area contributed by atoms with Crippen LogP contribution in [0.25, 0.3) is 0 Å². The molecular weight excluding hydrogens is 297 g/mol. The molecule has 0 amide bonds. The van der Waals surface area contributed by atoms with Gasteiger partial charge in [-0.3, -0.25) is 4.90 Å². The van der Waals surface area contributed by atoms with Crippen molar-refractivity contribution in [1.29, 1.82) is 0 Å². The molecule has 0 saturated carbocycles. The zero-order chi connectivity index (χ0) is 13.9. The maximum Gasteiger partial charge on any atom is 0.160 e. The number of piperidine rings is 1. The molecule has 5 heteroatoms. The van der Waals surface area contributed by atoms with Crippen LogP contribution in [0.4, 0.5) is 0 Å². The van der Waals surface area contributed by atoms with Crippen molar-refractivity contribution in [2.24, 2.45) is 5.92 Å². The molecule has 0 aromatic heterocycles. The van der Waals surface area contributed by atoms with Crippen molar-refractivity contribution in [3.63, 3.8) is 0 Å². The summed E-state index contributed by atoms with van der Waals surface area (Å²) in [7, 11) is 0. The van der Waals surface area contributed by atoms with Crippen molar-refractivity contribution >= 4 is 23.2 Å². The van der Waals surface area contributed by atoms with E-state index in [0.29, 0.717) is 5.92 Å². The number of nitrogens with zero attached hydrogens (tertiary/aromatic N) is 1. The standard InChI is InChI=1S/C15H19Cl2NO2/c16-13-2-1-3-14(17)12(13)10-18-6-4-11(5-7-18)15-19-8-9-20-15/h1-3,11,15H,4-10H2. The Morgan fingerprint density at radius 2 is 1.65 bits per heavy atom. The molecule has 1 aromatic carbocycles. The summed E-state index contributed by atoms with van der Waals surface area (Å²) in [6.07, 6.45) is 2.22. The Morgan fingerprint density at radius 3 is 2.25 bits per heavy atom. The van der Waals surface area contributed by atoms with E-state index in [1.807, 2.05) is 18.2 Å². The minimum atomic E-state index is 0.0149. The predicted molar refractivity (Wildman–Crippen MR) is 80.2 cm³/mol. The normalized spacial score (nSPS) is 22.5. The lowest BCUT2D eigenvalue weighted by atomic mass is 9.96. The smallest absolute Gasteiger partial charge is 0.160 e. The van der Waals surface area contributed by atoms with Crippen molar-refractivity contribution in [1.82, 2.24) is 4.90 Å². The summed E-state index contributed by atoms with van der Waals surface area (Å²) in [5.74, 6) is 0.524. The second-order valence-electron chi connectivity index (χ2n) is 5.42. The summed E-state index contributed by atoms with van der Waals surface area (Å²) < 4.78 is 11.2. The van der Waals surface area contributed by atoms with E-state index in [4.69, 9.17) is 32.7 Å². The Balaban J connectivity index is 1.56. The highest BCUT2D eigenvalue weighted by atomic mass is 35.5. The summed E-state index contributed by atoms with van der Waals surface area (Å²) in [4.78, 5) is 2.40. The third kappa shape index (κ3) is 3.29. The molecule has 2 saturated heterocycles. The van der Waals surface area contributed by atoms with Gasteiger partial charge >= 0.3 is 0 Å². The molecule has 0 radical (unpaired) electrons. The first-order chi connectivity index (χ1) is 9.74. The summed E-state index contributed by atoms with van der Waals surface area (Å²) >= 11 is 12.5. The van der Waals surface area contributed by atoms with E-state index in [-0.39, 0.29) is 6.29 Å². The lowest BCUT2D eigenvalue weighted by molar-refractivity contribution is -0.0977. The zero-order valence-electron chi connectivity index (χ0n) is 11.4. The summed E-state index contributed by atoms with van der Waals surface area (Å²) in [5.41, 5.74) is 1.03. The van der Waals surface area contributed by atoms with Crippen LogP contribution in [0.5, 0.6) is 0 Å². The Hall–Kier alpha value is -0.320. The van der Waals surface area contributed by atoms with Crippen LogP contribution in [-0.2, 0) is 16.0 Å². The zero-order valence-corrected chi connectivity index (χ0v) is 12.9. The summed E-state index contributed by atoms with van der Waals surface area (Å²) in [6.45, 7) is 4.36. The predicted octanol–water partition coefficient (Wildman–Crippen LogP) is 3.58. The van der Waals surface area contributed by atoms with E-state index in [9.17, 15) is 0 Å². The monoisotopic (exact) mass is 315 g/mol. The molecule has 110 valence electrons. The topological polar surface area (TPSA) is 21.7 Å². The molecular formula is C15H19Cl2NO2. The van der Waals surface area contributed by atoms with Gasteiger partial charge in [0.05, 0.1) is 13.2 Å². The van der Waals surface area contributed by atoms with Crippen LogP contribution >= 0.6 is 23.2 Å². The number of halogens is 2. The third-order valence-electron chi connectivity index (χ3n) is 4.11. The Labute approximate surface area is 129 Å². The molecule has 0 spiro atoms. The van der Waals surface area contributed by atoms with Crippen molar-refractivity contribution in [2.75, 3.05) is 26.3 Å². The van der Waals surface area contributed by atoms with Crippen LogP contribution in [0.2, 0.25) is 10.0 Å². The van der Waals surface area contributed by atoms with Crippen molar-refractivity contribution in [2.45, 2.75) is 25.7 Å². The molecule has 0 atom stereocenters.